The van der Waals surface area contributed by atoms with Gasteiger partial charge in [0.25, 0.3) is 0 Å². The third-order valence-corrected chi connectivity index (χ3v) is 3.82. The molecule has 0 aromatic heterocycles. The van der Waals surface area contributed by atoms with E-state index in [1.54, 1.807) is 18.2 Å². The fraction of sp³-hybridized carbons (Fsp3) is 0.455. The molecule has 0 aliphatic heterocycles. The van der Waals surface area contributed by atoms with E-state index in [0.717, 1.165) is 12.8 Å². The van der Waals surface area contributed by atoms with E-state index in [1.165, 1.54) is 6.07 Å². The highest BCUT2D eigenvalue weighted by Crippen LogP contribution is 2.14. The van der Waals surface area contributed by atoms with Crippen molar-refractivity contribution in [3.05, 3.63) is 29.8 Å². The van der Waals surface area contributed by atoms with Gasteiger partial charge in [0.15, 0.2) is 0 Å². The first-order valence-corrected chi connectivity index (χ1v) is 6.78. The average molecular weight is 243 g/mol. The Morgan fingerprint density at radius 1 is 1.31 bits per heavy atom. The zero-order valence-electron chi connectivity index (χ0n) is 9.31. The molecule has 0 unspecified atom stereocenters. The van der Waals surface area contributed by atoms with Gasteiger partial charge in [-0.15, -0.1) is 0 Å². The minimum absolute atomic E-state index is 0.161. The average Bonchev–Trinajstić information content (AvgIpc) is 2.29. The molecule has 1 aromatic carbocycles. The molecule has 1 rings (SSSR count). The summed E-state index contributed by atoms with van der Waals surface area (Å²) in [5, 5.41) is 9.06. The molecule has 0 saturated carbocycles. The minimum atomic E-state index is -3.49. The zero-order chi connectivity index (χ0) is 12.0. The summed E-state index contributed by atoms with van der Waals surface area (Å²) in [5.74, 6) is 0. The van der Waals surface area contributed by atoms with Crippen molar-refractivity contribution in [2.45, 2.75) is 31.3 Å². The van der Waals surface area contributed by atoms with Crippen LogP contribution < -0.4 is 4.72 Å². The second kappa shape index (κ2) is 5.98. The van der Waals surface area contributed by atoms with E-state index in [9.17, 15) is 8.42 Å². The molecule has 0 saturated heterocycles. The Morgan fingerprint density at radius 3 is 2.62 bits per heavy atom. The van der Waals surface area contributed by atoms with Crippen LogP contribution in [0.3, 0.4) is 0 Å². The molecule has 0 radical (unpaired) electrons. The third kappa shape index (κ3) is 3.30. The Hall–Kier alpha value is -0.910. The van der Waals surface area contributed by atoms with E-state index in [2.05, 4.69) is 4.72 Å². The number of rotatable bonds is 6. The Labute approximate surface area is 96.4 Å². The number of sulfonamides is 1. The highest BCUT2D eigenvalue weighted by atomic mass is 32.2. The fourth-order valence-electron chi connectivity index (χ4n) is 1.36. The van der Waals surface area contributed by atoms with Gasteiger partial charge in [-0.1, -0.05) is 31.5 Å². The molecule has 0 aliphatic carbocycles. The SMILES string of the molecule is CCCCNS(=O)(=O)c1ccccc1CO. The molecule has 0 spiro atoms. The highest BCUT2D eigenvalue weighted by Gasteiger charge is 2.16. The van der Waals surface area contributed by atoms with Crippen LogP contribution in [0.5, 0.6) is 0 Å². The monoisotopic (exact) mass is 243 g/mol. The van der Waals surface area contributed by atoms with E-state index in [1.807, 2.05) is 6.92 Å². The zero-order valence-corrected chi connectivity index (χ0v) is 10.1. The number of hydrogen-bond acceptors (Lipinski definition) is 3. The van der Waals surface area contributed by atoms with Crippen LogP contribution in [0.15, 0.2) is 29.2 Å². The molecule has 2 N–H and O–H groups in total. The van der Waals surface area contributed by atoms with Crippen molar-refractivity contribution in [1.82, 2.24) is 4.72 Å². The molecular weight excluding hydrogens is 226 g/mol. The van der Waals surface area contributed by atoms with Crippen LogP contribution in [0.4, 0.5) is 0 Å². The number of unbranched alkanes of at least 4 members (excludes halogenated alkanes) is 1. The lowest BCUT2D eigenvalue weighted by Gasteiger charge is -2.09. The van der Waals surface area contributed by atoms with E-state index in [-0.39, 0.29) is 11.5 Å². The van der Waals surface area contributed by atoms with E-state index < -0.39 is 10.0 Å². The summed E-state index contributed by atoms with van der Waals surface area (Å²) in [6, 6.07) is 6.46. The largest absolute Gasteiger partial charge is 0.392 e. The van der Waals surface area contributed by atoms with E-state index >= 15 is 0 Å². The van der Waals surface area contributed by atoms with Crippen LogP contribution in [0.1, 0.15) is 25.3 Å². The molecule has 0 aliphatic rings. The lowest BCUT2D eigenvalue weighted by molar-refractivity contribution is 0.278. The smallest absolute Gasteiger partial charge is 0.240 e. The summed E-state index contributed by atoms with van der Waals surface area (Å²) < 4.78 is 26.2. The minimum Gasteiger partial charge on any atom is -0.392 e. The van der Waals surface area contributed by atoms with Gasteiger partial charge in [0.05, 0.1) is 11.5 Å². The van der Waals surface area contributed by atoms with Crippen LogP contribution in [-0.2, 0) is 16.6 Å². The molecular formula is C11H17NO3S. The molecule has 0 amide bonds. The normalized spacial score (nSPS) is 11.6. The van der Waals surface area contributed by atoms with Gasteiger partial charge in [-0.25, -0.2) is 13.1 Å². The standard InChI is InChI=1S/C11H17NO3S/c1-2-3-8-12-16(14,15)11-7-5-4-6-10(11)9-13/h4-7,12-13H,2-3,8-9H2,1H3. The van der Waals surface area contributed by atoms with Crippen LogP contribution in [0, 0.1) is 0 Å². The Kier molecular flexibility index (Phi) is 4.92. The van der Waals surface area contributed by atoms with E-state index in [0.29, 0.717) is 12.1 Å². The first-order valence-electron chi connectivity index (χ1n) is 5.30. The van der Waals surface area contributed by atoms with Crippen molar-refractivity contribution in [2.75, 3.05) is 6.54 Å². The van der Waals surface area contributed by atoms with Crippen LogP contribution in [0.2, 0.25) is 0 Å². The highest BCUT2D eigenvalue weighted by molar-refractivity contribution is 7.89. The first-order chi connectivity index (χ1) is 7.61. The maximum absolute atomic E-state index is 11.9. The van der Waals surface area contributed by atoms with Gasteiger partial charge in [0.1, 0.15) is 0 Å². The van der Waals surface area contributed by atoms with Crippen molar-refractivity contribution >= 4 is 10.0 Å². The van der Waals surface area contributed by atoms with Crippen LogP contribution >= 0.6 is 0 Å². The number of benzene rings is 1. The van der Waals surface area contributed by atoms with Gasteiger partial charge in [-0.05, 0) is 18.1 Å². The van der Waals surface area contributed by atoms with Crippen molar-refractivity contribution < 1.29 is 13.5 Å². The lowest BCUT2D eigenvalue weighted by Crippen LogP contribution is -2.25. The van der Waals surface area contributed by atoms with Crippen LogP contribution in [0.25, 0.3) is 0 Å². The summed E-state index contributed by atoms with van der Waals surface area (Å²) in [7, 11) is -3.49. The Bertz CT molecular complexity index is 429. The van der Waals surface area contributed by atoms with E-state index in [4.69, 9.17) is 5.11 Å². The topological polar surface area (TPSA) is 66.4 Å². The summed E-state index contributed by atoms with van der Waals surface area (Å²) in [6.45, 7) is 2.15. The predicted octanol–water partition coefficient (Wildman–Crippen LogP) is 1.26. The van der Waals surface area contributed by atoms with Gasteiger partial charge >= 0.3 is 0 Å². The second-order valence-electron chi connectivity index (χ2n) is 3.52. The molecule has 5 heteroatoms. The molecule has 0 fully saturated rings. The summed E-state index contributed by atoms with van der Waals surface area (Å²) in [6.07, 6.45) is 1.74. The Balaban J connectivity index is 2.89. The van der Waals surface area contributed by atoms with Gasteiger partial charge in [-0.3, -0.25) is 0 Å². The van der Waals surface area contributed by atoms with Crippen molar-refractivity contribution in [1.29, 1.82) is 0 Å². The molecule has 0 bridgehead atoms. The van der Waals surface area contributed by atoms with Gasteiger partial charge in [0.2, 0.25) is 10.0 Å². The van der Waals surface area contributed by atoms with Crippen molar-refractivity contribution in [3.8, 4) is 0 Å². The number of hydrogen-bond donors (Lipinski definition) is 2. The number of aliphatic hydroxyl groups excluding tert-OH is 1. The quantitative estimate of drug-likeness (QED) is 0.739. The van der Waals surface area contributed by atoms with Gasteiger partial charge < -0.3 is 5.11 Å². The second-order valence-corrected chi connectivity index (χ2v) is 5.25. The fourth-order valence-corrected chi connectivity index (χ4v) is 2.66. The summed E-state index contributed by atoms with van der Waals surface area (Å²) in [5.41, 5.74) is 0.423. The molecule has 0 atom stereocenters. The first kappa shape index (κ1) is 13.2. The summed E-state index contributed by atoms with van der Waals surface area (Å²) in [4.78, 5) is 0.161. The number of nitrogens with one attached hydrogen (secondary N) is 1. The van der Waals surface area contributed by atoms with Crippen molar-refractivity contribution in [2.24, 2.45) is 0 Å². The molecule has 4 nitrogen and oxygen atoms in total. The molecule has 90 valence electrons. The Morgan fingerprint density at radius 2 is 2.00 bits per heavy atom. The summed E-state index contributed by atoms with van der Waals surface area (Å²) >= 11 is 0. The number of aliphatic hydroxyl groups is 1. The van der Waals surface area contributed by atoms with Crippen LogP contribution in [-0.4, -0.2) is 20.1 Å². The third-order valence-electron chi connectivity index (χ3n) is 2.25. The maximum Gasteiger partial charge on any atom is 0.240 e. The molecule has 0 heterocycles. The lowest BCUT2D eigenvalue weighted by atomic mass is 10.2. The van der Waals surface area contributed by atoms with Gasteiger partial charge in [-0.2, -0.15) is 0 Å². The predicted molar refractivity (Wildman–Crippen MR) is 62.5 cm³/mol. The molecule has 1 aromatic rings. The van der Waals surface area contributed by atoms with Crippen molar-refractivity contribution in [3.63, 3.8) is 0 Å². The maximum atomic E-state index is 11.9. The van der Waals surface area contributed by atoms with Gasteiger partial charge in [0, 0.05) is 6.54 Å². The molecule has 16 heavy (non-hydrogen) atoms.